The van der Waals surface area contributed by atoms with E-state index >= 15 is 0 Å². The van der Waals surface area contributed by atoms with Gasteiger partial charge >= 0.3 is 83.7 Å². The Balaban J connectivity index is 0.000000211. The van der Waals surface area contributed by atoms with Crippen molar-refractivity contribution in [1.29, 1.82) is 0 Å². The van der Waals surface area contributed by atoms with Crippen LogP contribution in [0.25, 0.3) is 6.08 Å². The van der Waals surface area contributed by atoms with Crippen molar-refractivity contribution in [2.75, 3.05) is 0 Å². The molecule has 0 radical (unpaired) electrons. The molecule has 0 aliphatic rings. The second-order valence-electron chi connectivity index (χ2n) is 3.98. The van der Waals surface area contributed by atoms with Crippen molar-refractivity contribution in [2.24, 2.45) is 0 Å². The number of aromatic carboxylic acids is 1. The van der Waals surface area contributed by atoms with Crippen molar-refractivity contribution in [3.8, 4) is 0 Å². The van der Waals surface area contributed by atoms with Gasteiger partial charge < -0.3 is 9.90 Å². The molecule has 2 aromatic carbocycles. The summed E-state index contributed by atoms with van der Waals surface area (Å²) >= 11 is 8.62. The summed E-state index contributed by atoms with van der Waals surface area (Å²) in [7, 11) is 0. The Labute approximate surface area is 146 Å². The van der Waals surface area contributed by atoms with Gasteiger partial charge in [-0.05, 0) is 11.1 Å². The van der Waals surface area contributed by atoms with Crippen LogP contribution in [0.4, 0.5) is 0 Å². The van der Waals surface area contributed by atoms with E-state index in [2.05, 4.69) is 56.8 Å². The van der Waals surface area contributed by atoms with Gasteiger partial charge in [-0.25, -0.2) is 0 Å². The van der Waals surface area contributed by atoms with Gasteiger partial charge in [-0.1, -0.05) is 36.9 Å². The fourth-order valence-corrected chi connectivity index (χ4v) is 8.33. The van der Waals surface area contributed by atoms with Gasteiger partial charge in [0.05, 0.1) is 5.97 Å². The molecule has 0 aliphatic carbocycles. The van der Waals surface area contributed by atoms with Crippen molar-refractivity contribution >= 4 is 65.5 Å². The van der Waals surface area contributed by atoms with E-state index in [1.807, 2.05) is 18.2 Å². The van der Waals surface area contributed by atoms with Crippen molar-refractivity contribution < 1.29 is 9.90 Å². The summed E-state index contributed by atoms with van der Waals surface area (Å²) in [4.78, 5) is 10.3. The maximum atomic E-state index is 10.3. The second-order valence-corrected chi connectivity index (χ2v) is 53.8. The predicted molar refractivity (Wildman–Crippen MR) is 99.5 cm³/mol. The Hall–Kier alpha value is -0.111. The van der Waals surface area contributed by atoms with E-state index in [4.69, 9.17) is 0 Å². The molecule has 0 aromatic heterocycles. The molecule has 0 unspecified atom stereocenters. The van der Waals surface area contributed by atoms with Crippen LogP contribution in [0.15, 0.2) is 61.2 Å². The fourth-order valence-electron chi connectivity index (χ4n) is 1.38. The summed E-state index contributed by atoms with van der Waals surface area (Å²) in [6, 6.07) is 16.7. The number of carbonyl (C=O) groups excluding carboxylic acids is 1. The Bertz CT molecular complexity index is 593. The summed E-state index contributed by atoms with van der Waals surface area (Å²) in [5, 5.41) is 10.3. The molecule has 0 saturated carbocycles. The van der Waals surface area contributed by atoms with Crippen molar-refractivity contribution in [3.63, 3.8) is 0 Å². The molecular weight excluding hydrogens is 571 g/mol. The SMILES string of the molecule is C=Cc1ccc(C(=O)[O-])cc1.[Br][Sn]([Br])([Br])[c]1ccccc1. The Morgan fingerprint density at radius 2 is 1.52 bits per heavy atom. The zero-order chi connectivity index (χ0) is 15.9. The number of carbonyl (C=O) groups is 1. The zero-order valence-corrected chi connectivity index (χ0v) is 18.5. The van der Waals surface area contributed by atoms with Crippen LogP contribution in [0.3, 0.4) is 0 Å². The first-order valence-corrected chi connectivity index (χ1v) is 26.5. The van der Waals surface area contributed by atoms with Gasteiger partial charge in [0.25, 0.3) is 0 Å². The van der Waals surface area contributed by atoms with Crippen LogP contribution in [0.2, 0.25) is 0 Å². The van der Waals surface area contributed by atoms with Crippen molar-refractivity contribution in [3.05, 3.63) is 72.3 Å². The summed E-state index contributed by atoms with van der Waals surface area (Å²) in [5.74, 6) is -1.15. The van der Waals surface area contributed by atoms with Gasteiger partial charge in [0.2, 0.25) is 0 Å². The molecular formula is C15H12Br3O2Sn-. The third kappa shape index (κ3) is 7.12. The van der Waals surface area contributed by atoms with Gasteiger partial charge in [-0.15, -0.1) is 0 Å². The minimum atomic E-state index is -2.27. The van der Waals surface area contributed by atoms with Gasteiger partial charge in [-0.2, -0.15) is 0 Å². The molecule has 0 fully saturated rings. The summed E-state index contributed by atoms with van der Waals surface area (Å²) in [6.07, 6.45) is 1.65. The summed E-state index contributed by atoms with van der Waals surface area (Å²) in [6.45, 7) is 3.54. The van der Waals surface area contributed by atoms with Crippen LogP contribution in [-0.4, -0.2) is 17.7 Å². The number of hydrogen-bond acceptors (Lipinski definition) is 2. The van der Waals surface area contributed by atoms with E-state index < -0.39 is 17.7 Å². The summed E-state index contributed by atoms with van der Waals surface area (Å²) < 4.78 is 1.36. The standard InChI is InChI=1S/C9H8O2.C6H5.3BrH.Sn/c1-2-7-3-5-8(6-4-7)9(10)11;1-2-4-6-5-3-1;;;;/h2-6H,1H2,(H,10,11);1-5H;3*1H;/q;;;;;+3/p-4. The topological polar surface area (TPSA) is 40.1 Å². The van der Waals surface area contributed by atoms with E-state index in [0.717, 1.165) is 5.56 Å². The monoisotopic (exact) mass is 581 g/mol. The molecule has 0 spiro atoms. The number of rotatable bonds is 3. The average Bonchev–Trinajstić information content (AvgIpc) is 2.48. The molecule has 2 rings (SSSR count). The van der Waals surface area contributed by atoms with Crippen LogP contribution in [0.5, 0.6) is 0 Å². The first kappa shape index (κ1) is 18.9. The van der Waals surface area contributed by atoms with Gasteiger partial charge in [0.15, 0.2) is 0 Å². The number of benzene rings is 2. The molecule has 110 valence electrons. The Kier molecular flexibility index (Phi) is 8.23. The molecule has 0 N–H and O–H groups in total. The number of halogens is 3. The van der Waals surface area contributed by atoms with E-state index in [1.54, 1.807) is 18.2 Å². The summed E-state index contributed by atoms with van der Waals surface area (Å²) in [5.41, 5.74) is 1.09. The molecule has 2 nitrogen and oxygen atoms in total. The quantitative estimate of drug-likeness (QED) is 0.518. The van der Waals surface area contributed by atoms with Crippen LogP contribution in [0, 0.1) is 0 Å². The van der Waals surface area contributed by atoms with E-state index in [1.165, 1.54) is 15.7 Å². The molecule has 6 heteroatoms. The number of carboxylic acids is 1. The van der Waals surface area contributed by atoms with E-state index in [9.17, 15) is 9.90 Å². The van der Waals surface area contributed by atoms with Crippen molar-refractivity contribution in [1.82, 2.24) is 0 Å². The molecule has 2 aromatic rings. The number of hydrogen-bond donors (Lipinski definition) is 0. The van der Waals surface area contributed by atoms with E-state index in [-0.39, 0.29) is 5.56 Å². The van der Waals surface area contributed by atoms with E-state index in [0.29, 0.717) is 0 Å². The molecule has 21 heavy (non-hydrogen) atoms. The second kappa shape index (κ2) is 9.12. The van der Waals surface area contributed by atoms with Crippen LogP contribution >= 0.6 is 38.1 Å². The molecule has 0 saturated heterocycles. The molecule has 0 atom stereocenters. The minimum absolute atomic E-state index is 0.190. The molecule has 0 bridgehead atoms. The van der Waals surface area contributed by atoms with Crippen LogP contribution in [0.1, 0.15) is 15.9 Å². The third-order valence-corrected chi connectivity index (χ3v) is 14.5. The molecule has 0 heterocycles. The third-order valence-electron chi connectivity index (χ3n) is 2.48. The van der Waals surface area contributed by atoms with Gasteiger partial charge in [0, 0.05) is 0 Å². The predicted octanol–water partition coefficient (Wildman–Crippen LogP) is 3.71. The maximum absolute atomic E-state index is 10.3. The molecule has 0 aliphatic heterocycles. The Morgan fingerprint density at radius 3 is 1.86 bits per heavy atom. The normalized spacial score (nSPS) is 10.2. The Morgan fingerprint density at radius 1 is 1.00 bits per heavy atom. The fraction of sp³-hybridized carbons (Fsp3) is 0. The van der Waals surface area contributed by atoms with Crippen molar-refractivity contribution in [2.45, 2.75) is 0 Å². The first-order chi connectivity index (χ1) is 9.84. The van der Waals surface area contributed by atoms with Crippen LogP contribution in [-0.2, 0) is 0 Å². The molecule has 0 amide bonds. The van der Waals surface area contributed by atoms with Gasteiger partial charge in [-0.3, -0.25) is 0 Å². The zero-order valence-electron chi connectivity index (χ0n) is 10.9. The van der Waals surface area contributed by atoms with Gasteiger partial charge in [0.1, 0.15) is 0 Å². The average molecular weight is 583 g/mol. The number of carboxylic acid groups (broad SMARTS) is 1. The van der Waals surface area contributed by atoms with Crippen LogP contribution < -0.4 is 8.69 Å². The first-order valence-electron chi connectivity index (χ1n) is 5.90.